The number of alkyl carbamates (subject to hydrolysis) is 1. The first-order valence-corrected chi connectivity index (χ1v) is 26.7. The second kappa shape index (κ2) is 29.8. The van der Waals surface area contributed by atoms with Crippen LogP contribution in [0.25, 0.3) is 11.1 Å². The van der Waals surface area contributed by atoms with E-state index in [0.29, 0.717) is 0 Å². The summed E-state index contributed by atoms with van der Waals surface area (Å²) < 4.78 is 81.3. The van der Waals surface area contributed by atoms with E-state index in [2.05, 4.69) is 16.0 Å². The number of carboxylic acid groups (broad SMARTS) is 1. The van der Waals surface area contributed by atoms with Crippen molar-refractivity contribution in [2.45, 2.75) is 179 Å². The van der Waals surface area contributed by atoms with Gasteiger partial charge in [0.15, 0.2) is 55.4 Å². The summed E-state index contributed by atoms with van der Waals surface area (Å²) >= 11 is 0. The molecule has 0 bridgehead atoms. The van der Waals surface area contributed by atoms with Crippen molar-refractivity contribution in [3.63, 3.8) is 0 Å². The Bertz CT molecular complexity index is 2750. The van der Waals surface area contributed by atoms with Crippen LogP contribution in [0.5, 0.6) is 0 Å². The SMILES string of the molecule is CC(=O)N[C@H]1[C@H](OC[C@H]2O[C@H](O[C@H](C)[C@H](NC(=O)OCC3c4ccccc4-c4ccccc43)C(=O)O)[C@H](NC(C)=O)[C@@H](O[C@@H]3O[C@H](COC(C)=O)[C@H](OC(C)=O)[C@H](OC(C)=O)[C@H]3OC(C)=O)[C@H]2O)O[C@H](COC(C)=O)[C@@H](OC(C)=O)[C@@H]1OC(C)=O. The number of aliphatic hydroxyl groups excluding tert-OH is 1. The van der Waals surface area contributed by atoms with Crippen molar-refractivity contribution in [3.05, 3.63) is 59.7 Å². The molecule has 3 fully saturated rings. The van der Waals surface area contributed by atoms with Gasteiger partial charge in [0.2, 0.25) is 11.8 Å². The Morgan fingerprint density at radius 3 is 1.41 bits per heavy atom. The quantitative estimate of drug-likeness (QED) is 0.0728. The highest BCUT2D eigenvalue weighted by Crippen LogP contribution is 2.45. The van der Waals surface area contributed by atoms with Crippen LogP contribution < -0.4 is 16.0 Å². The number of aliphatic hydroxyl groups is 1. The van der Waals surface area contributed by atoms with Crippen molar-refractivity contribution in [1.29, 1.82) is 0 Å². The van der Waals surface area contributed by atoms with Crippen molar-refractivity contribution in [1.82, 2.24) is 16.0 Å². The molecule has 3 heterocycles. The molecule has 6 rings (SSSR count). The number of amides is 3. The molecule has 0 aromatic heterocycles. The molecule has 5 N–H and O–H groups in total. The Kier molecular flexibility index (Phi) is 23.2. The second-order valence-electron chi connectivity index (χ2n) is 20.1. The number of carboxylic acids is 1. The van der Waals surface area contributed by atoms with E-state index in [9.17, 15) is 63.0 Å². The first-order chi connectivity index (χ1) is 40.1. The van der Waals surface area contributed by atoms with E-state index >= 15 is 0 Å². The summed E-state index contributed by atoms with van der Waals surface area (Å²) in [4.78, 5) is 140. The summed E-state index contributed by atoms with van der Waals surface area (Å²) in [6.07, 6.45) is -26.3. The number of ether oxygens (including phenoxy) is 14. The van der Waals surface area contributed by atoms with Crippen molar-refractivity contribution >= 4 is 65.7 Å². The van der Waals surface area contributed by atoms with E-state index < -0.39 is 196 Å². The molecule has 0 unspecified atom stereocenters. The highest BCUT2D eigenvalue weighted by Gasteiger charge is 2.58. The van der Waals surface area contributed by atoms with E-state index in [1.807, 2.05) is 48.5 Å². The maximum absolute atomic E-state index is 13.6. The molecule has 3 amide bonds. The lowest BCUT2D eigenvalue weighted by atomic mass is 9.94. The van der Waals surface area contributed by atoms with Gasteiger partial charge in [0.1, 0.15) is 62.4 Å². The Balaban J connectivity index is 1.39. The molecule has 0 radical (unpaired) electrons. The molecule has 2 aromatic carbocycles. The molecule has 4 aliphatic rings. The van der Waals surface area contributed by atoms with Crippen LogP contribution in [0.15, 0.2) is 48.5 Å². The maximum Gasteiger partial charge on any atom is 0.407 e. The normalized spacial score (nSPS) is 28.4. The largest absolute Gasteiger partial charge is 0.480 e. The second-order valence-corrected chi connectivity index (χ2v) is 20.1. The van der Waals surface area contributed by atoms with Crippen LogP contribution in [0.1, 0.15) is 86.3 Å². The van der Waals surface area contributed by atoms with Gasteiger partial charge < -0.3 is 92.5 Å². The monoisotopic (exact) mass is 1200 g/mol. The smallest absolute Gasteiger partial charge is 0.407 e. The van der Waals surface area contributed by atoms with Gasteiger partial charge in [-0.2, -0.15) is 0 Å². The van der Waals surface area contributed by atoms with Gasteiger partial charge in [-0.25, -0.2) is 9.59 Å². The lowest BCUT2D eigenvalue weighted by Crippen LogP contribution is -2.70. The van der Waals surface area contributed by atoms with E-state index in [-0.39, 0.29) is 6.61 Å². The zero-order valence-corrected chi connectivity index (χ0v) is 47.9. The van der Waals surface area contributed by atoms with Crippen LogP contribution in [0.4, 0.5) is 4.79 Å². The molecule has 85 heavy (non-hydrogen) atoms. The molecule has 2 aromatic rings. The molecule has 466 valence electrons. The number of rotatable bonds is 23. The minimum atomic E-state index is -2.12. The van der Waals surface area contributed by atoms with E-state index in [1.54, 1.807) is 0 Å². The number of nitrogens with one attached hydrogen (secondary N) is 3. The molecule has 3 aliphatic heterocycles. The van der Waals surface area contributed by atoms with Gasteiger partial charge in [0, 0.05) is 68.2 Å². The standard InChI is InChI=1S/C55H69N3O27/c1-23(41(51(69)70)58-55(71)75-19-37-35-17-13-11-15-33(35)34-16-12-14-18-36(34)37)76-53-42(56-24(2)59)47(85-54-50(81-32(10)67)49(80-31(9)66)46(78-29(7)64)40(84-54)22-73-27(5)62)44(68)38(82-53)20-74-52-43(57-25(3)60)48(79-30(8)65)45(77-28(6)63)39(83-52)21-72-26(4)61/h11-18,23,37-50,52-54,68H,19-22H2,1-10H3,(H,56,59)(H,57,60)(H,58,71)(H,69,70)/t23-,38-,39-,40-,41+,42-,43-,44+,45-,46+,47-,48-,49+,50-,52-,53+,54+/m1/s1. The lowest BCUT2D eigenvalue weighted by Gasteiger charge is -2.49. The Morgan fingerprint density at radius 2 is 0.929 bits per heavy atom. The third kappa shape index (κ3) is 17.6. The van der Waals surface area contributed by atoms with E-state index in [0.717, 1.165) is 84.6 Å². The number of hydrogen-bond acceptors (Lipinski definition) is 26. The average molecular weight is 1200 g/mol. The predicted molar refractivity (Wildman–Crippen MR) is 279 cm³/mol. The van der Waals surface area contributed by atoms with E-state index in [1.165, 1.54) is 6.92 Å². The van der Waals surface area contributed by atoms with Gasteiger partial charge in [0.25, 0.3) is 0 Å². The number of hydrogen-bond donors (Lipinski definition) is 5. The number of carbonyl (C=O) groups excluding carboxylic acids is 10. The van der Waals surface area contributed by atoms with Gasteiger partial charge in [0.05, 0.1) is 12.7 Å². The third-order valence-electron chi connectivity index (χ3n) is 13.5. The first-order valence-electron chi connectivity index (χ1n) is 26.7. The van der Waals surface area contributed by atoms with Crippen LogP contribution in [0.3, 0.4) is 0 Å². The van der Waals surface area contributed by atoms with Gasteiger partial charge in [-0.05, 0) is 29.2 Å². The molecular weight excluding hydrogens is 1130 g/mol. The summed E-state index contributed by atoms with van der Waals surface area (Å²) in [5.74, 6) is -10.2. The lowest BCUT2D eigenvalue weighted by molar-refractivity contribution is -0.353. The topological polar surface area (TPSA) is 394 Å². The molecule has 30 heteroatoms. The van der Waals surface area contributed by atoms with Crippen LogP contribution in [-0.2, 0) is 114 Å². The molecule has 0 saturated carbocycles. The van der Waals surface area contributed by atoms with Crippen molar-refractivity contribution < 1.29 is 129 Å². The zero-order chi connectivity index (χ0) is 62.6. The van der Waals surface area contributed by atoms with Crippen LogP contribution in [-0.4, -0.2) is 206 Å². The molecular formula is C55H69N3O27. The fourth-order valence-corrected chi connectivity index (χ4v) is 10.2. The zero-order valence-electron chi connectivity index (χ0n) is 47.9. The molecule has 30 nitrogen and oxygen atoms in total. The van der Waals surface area contributed by atoms with E-state index in [4.69, 9.17) is 66.3 Å². The Labute approximate surface area is 486 Å². The third-order valence-corrected chi connectivity index (χ3v) is 13.5. The summed E-state index contributed by atoms with van der Waals surface area (Å²) in [7, 11) is 0. The first kappa shape index (κ1) is 66.3. The number of aliphatic carboxylic acids is 1. The number of fused-ring (bicyclic) bond motifs is 3. The summed E-state index contributed by atoms with van der Waals surface area (Å²) in [5.41, 5.74) is 3.57. The summed E-state index contributed by atoms with van der Waals surface area (Å²) in [5, 5.41) is 30.5. The highest BCUT2D eigenvalue weighted by molar-refractivity contribution is 5.82. The molecule has 0 spiro atoms. The fraction of sp³-hybridized carbons (Fsp3) is 0.582. The van der Waals surface area contributed by atoms with Crippen molar-refractivity contribution in [3.8, 4) is 11.1 Å². The molecule has 3 saturated heterocycles. The minimum absolute atomic E-state index is 0.223. The van der Waals surface area contributed by atoms with Gasteiger partial charge in [-0.15, -0.1) is 0 Å². The average Bonchev–Trinajstić information content (AvgIpc) is 2.10. The Morgan fingerprint density at radius 1 is 0.494 bits per heavy atom. The predicted octanol–water partition coefficient (Wildman–Crippen LogP) is 0.115. The van der Waals surface area contributed by atoms with Crippen LogP contribution in [0.2, 0.25) is 0 Å². The van der Waals surface area contributed by atoms with Gasteiger partial charge >= 0.3 is 53.8 Å². The number of benzene rings is 2. The van der Waals surface area contributed by atoms with Gasteiger partial charge in [-0.3, -0.25) is 43.2 Å². The van der Waals surface area contributed by atoms with Crippen LogP contribution >= 0.6 is 0 Å². The van der Waals surface area contributed by atoms with Crippen molar-refractivity contribution in [2.24, 2.45) is 0 Å². The maximum atomic E-state index is 13.6. The number of carbonyl (C=O) groups is 11. The van der Waals surface area contributed by atoms with Gasteiger partial charge in [-0.1, -0.05) is 48.5 Å². The highest BCUT2D eigenvalue weighted by atomic mass is 16.8. The Hall–Kier alpha value is -7.87. The molecule has 17 atom stereocenters. The molecule has 1 aliphatic carbocycles. The summed E-state index contributed by atoms with van der Waals surface area (Å²) in [6.45, 7) is 7.86. The summed E-state index contributed by atoms with van der Waals surface area (Å²) in [6, 6.07) is 9.64. The fourth-order valence-electron chi connectivity index (χ4n) is 10.2. The van der Waals surface area contributed by atoms with Crippen LogP contribution in [0, 0.1) is 0 Å². The minimum Gasteiger partial charge on any atom is -0.480 e. The van der Waals surface area contributed by atoms with Crippen molar-refractivity contribution in [2.75, 3.05) is 26.4 Å². The number of esters is 7.